The third-order valence-corrected chi connectivity index (χ3v) is 9.78. The average Bonchev–Trinajstić information content (AvgIpc) is 3.51. The Morgan fingerprint density at radius 1 is 1.24 bits per heavy atom. The Morgan fingerprint density at radius 3 is 2.48 bits per heavy atom. The second-order valence-corrected chi connectivity index (χ2v) is 15.1. The molecule has 2 N–H and O–H groups in total. The number of hydrogen-bond acceptors (Lipinski definition) is 8. The number of aldehydes is 1. The first-order valence-corrected chi connectivity index (χ1v) is 17.1. The second-order valence-electron chi connectivity index (χ2n) is 13.0. The lowest BCUT2D eigenvalue weighted by Crippen LogP contribution is -2.44. The van der Waals surface area contributed by atoms with Gasteiger partial charge in [0.25, 0.3) is 0 Å². The molecule has 0 fully saturated rings. The summed E-state index contributed by atoms with van der Waals surface area (Å²) in [5.74, 6) is 0.229. The van der Waals surface area contributed by atoms with Crippen molar-refractivity contribution in [2.45, 2.75) is 65.6 Å². The summed E-state index contributed by atoms with van der Waals surface area (Å²) in [5.41, 5.74) is 1.78. The number of rotatable bonds is 20. The Balaban J connectivity index is 2.51. The van der Waals surface area contributed by atoms with E-state index in [0.717, 1.165) is 17.6 Å². The molecular formula is C36H52ClN3O5S. The first-order valence-electron chi connectivity index (χ1n) is 15.8. The molecule has 0 aromatic heterocycles. The third-order valence-electron chi connectivity index (χ3n) is 8.27. The number of amidine groups is 1. The van der Waals surface area contributed by atoms with E-state index in [4.69, 9.17) is 26.3 Å². The van der Waals surface area contributed by atoms with Gasteiger partial charge in [0, 0.05) is 54.6 Å². The lowest BCUT2D eigenvalue weighted by molar-refractivity contribution is -0.123. The van der Waals surface area contributed by atoms with Crippen LogP contribution < -0.4 is 4.90 Å². The second kappa shape index (κ2) is 18.6. The predicted molar refractivity (Wildman–Crippen MR) is 194 cm³/mol. The molecule has 3 atom stereocenters. The van der Waals surface area contributed by atoms with Crippen LogP contribution in [0.1, 0.15) is 60.8 Å². The van der Waals surface area contributed by atoms with Gasteiger partial charge >= 0.3 is 0 Å². The molecule has 0 saturated heterocycles. The minimum atomic E-state index is -0.565. The molecule has 1 aromatic rings. The molecule has 8 nitrogen and oxygen atoms in total. The van der Waals surface area contributed by atoms with Crippen LogP contribution in [0.4, 0.5) is 5.69 Å². The number of amides is 1. The third kappa shape index (κ3) is 11.8. The van der Waals surface area contributed by atoms with Crippen LogP contribution in [-0.2, 0) is 14.3 Å². The maximum absolute atomic E-state index is 14.6. The van der Waals surface area contributed by atoms with Gasteiger partial charge in [-0.15, -0.1) is 18.3 Å². The van der Waals surface area contributed by atoms with Gasteiger partial charge in [-0.25, -0.2) is 4.99 Å². The Bertz CT molecular complexity index is 1300. The van der Waals surface area contributed by atoms with Crippen molar-refractivity contribution in [3.8, 4) is 0 Å². The number of carbonyl (C=O) groups is 2. The first kappa shape index (κ1) is 39.5. The number of aliphatic hydroxyl groups excluding tert-OH is 2. The Morgan fingerprint density at radius 2 is 1.91 bits per heavy atom. The number of aliphatic imine (C=N–C) groups is 2. The van der Waals surface area contributed by atoms with Crippen LogP contribution in [-0.4, -0.2) is 77.9 Å². The van der Waals surface area contributed by atoms with Crippen LogP contribution in [0.15, 0.2) is 70.4 Å². The molecular weight excluding hydrogens is 622 g/mol. The summed E-state index contributed by atoms with van der Waals surface area (Å²) in [6.45, 7) is 17.0. The number of hydrogen-bond donors (Lipinski definition) is 2. The van der Waals surface area contributed by atoms with Crippen LogP contribution in [0.5, 0.6) is 0 Å². The SMILES string of the molecule is C=CC(C=C(O)/C(=C\C)CCOC)C(C)C[C@H](CC1=NCC(C(C)(C)SCC=O)=N1)C(=O)N(CC(C)(C)CO)c1ccc(Cl)cc1. The molecule has 1 amide bonds. The van der Waals surface area contributed by atoms with Crippen molar-refractivity contribution in [2.75, 3.05) is 44.1 Å². The Labute approximate surface area is 284 Å². The molecule has 0 bridgehead atoms. The topological polar surface area (TPSA) is 112 Å². The van der Waals surface area contributed by atoms with Crippen LogP contribution in [0.25, 0.3) is 0 Å². The number of benzene rings is 1. The summed E-state index contributed by atoms with van der Waals surface area (Å²) in [5, 5.41) is 21.7. The van der Waals surface area contributed by atoms with Crippen molar-refractivity contribution < 1.29 is 24.5 Å². The summed E-state index contributed by atoms with van der Waals surface area (Å²) in [7, 11) is 1.63. The molecule has 0 spiro atoms. The number of carbonyl (C=O) groups excluding carboxylic acids is 2. The van der Waals surface area contributed by atoms with Crippen LogP contribution in [0.3, 0.4) is 0 Å². The number of aliphatic hydroxyl groups is 2. The van der Waals surface area contributed by atoms with Crippen LogP contribution in [0, 0.1) is 23.2 Å². The molecule has 1 heterocycles. The highest BCUT2D eigenvalue weighted by Crippen LogP contribution is 2.33. The highest BCUT2D eigenvalue weighted by molar-refractivity contribution is 8.01. The van der Waals surface area contributed by atoms with Gasteiger partial charge in [-0.3, -0.25) is 9.79 Å². The van der Waals surface area contributed by atoms with Gasteiger partial charge in [0.2, 0.25) is 5.91 Å². The molecule has 46 heavy (non-hydrogen) atoms. The zero-order valence-electron chi connectivity index (χ0n) is 28.5. The molecule has 10 heteroatoms. The van der Waals surface area contributed by atoms with E-state index in [9.17, 15) is 19.8 Å². The molecule has 2 unspecified atom stereocenters. The summed E-state index contributed by atoms with van der Waals surface area (Å²) >= 11 is 7.71. The van der Waals surface area contributed by atoms with Gasteiger partial charge < -0.3 is 24.6 Å². The zero-order valence-corrected chi connectivity index (χ0v) is 30.0. The fraction of sp³-hybridized carbons (Fsp3) is 0.556. The standard InChI is InChI=1S/C36H52ClN3O5S/c1-9-26(15-17-45-8)31(43)20-27(10-2)25(3)19-28(21-33-38-22-32(39-33)36(6,7)46-18-16-41)34(44)40(23-35(4,5)24-42)30-13-11-29(37)12-14-30/h9-14,16,20,25,27-28,42-43H,2,15,17-19,21-24H2,1,3-8H3/b26-9-,31-20?/t25?,27?,28-/m1/s1. The number of ether oxygens (including phenoxy) is 1. The molecule has 1 aliphatic rings. The Hall–Kier alpha value is -2.72. The lowest BCUT2D eigenvalue weighted by Gasteiger charge is -2.35. The lowest BCUT2D eigenvalue weighted by atomic mass is 9.82. The van der Waals surface area contributed by atoms with E-state index in [1.54, 1.807) is 36.3 Å². The van der Waals surface area contributed by atoms with E-state index in [1.165, 1.54) is 11.8 Å². The number of thioether (sulfide) groups is 1. The maximum atomic E-state index is 14.6. The number of anilines is 1. The molecule has 0 aliphatic carbocycles. The Kier molecular flexibility index (Phi) is 15.9. The van der Waals surface area contributed by atoms with Gasteiger partial charge in [0.15, 0.2) is 0 Å². The van der Waals surface area contributed by atoms with Crippen molar-refractivity contribution in [2.24, 2.45) is 33.2 Å². The van der Waals surface area contributed by atoms with Crippen molar-refractivity contribution in [3.05, 3.63) is 65.4 Å². The number of methoxy groups -OCH3 is 1. The van der Waals surface area contributed by atoms with E-state index in [0.29, 0.717) is 61.3 Å². The van der Waals surface area contributed by atoms with Gasteiger partial charge in [0.1, 0.15) is 17.9 Å². The summed E-state index contributed by atoms with van der Waals surface area (Å²) in [4.78, 5) is 37.0. The molecule has 0 saturated carbocycles. The minimum Gasteiger partial charge on any atom is -0.508 e. The highest BCUT2D eigenvalue weighted by atomic mass is 35.5. The number of allylic oxidation sites excluding steroid dienone is 4. The normalized spacial score (nSPS) is 16.4. The van der Waals surface area contributed by atoms with Gasteiger partial charge in [-0.05, 0) is 75.4 Å². The van der Waals surface area contributed by atoms with Crippen LogP contribution >= 0.6 is 23.4 Å². The zero-order chi connectivity index (χ0) is 34.5. The monoisotopic (exact) mass is 673 g/mol. The predicted octanol–water partition coefficient (Wildman–Crippen LogP) is 7.51. The van der Waals surface area contributed by atoms with E-state index in [-0.39, 0.29) is 34.9 Å². The smallest absolute Gasteiger partial charge is 0.230 e. The van der Waals surface area contributed by atoms with Gasteiger partial charge in [-0.1, -0.05) is 44.5 Å². The van der Waals surface area contributed by atoms with Crippen molar-refractivity contribution in [1.82, 2.24) is 0 Å². The molecule has 1 aromatic carbocycles. The van der Waals surface area contributed by atoms with E-state index >= 15 is 0 Å². The van der Waals surface area contributed by atoms with Crippen molar-refractivity contribution >= 4 is 52.8 Å². The molecule has 1 aliphatic heterocycles. The van der Waals surface area contributed by atoms with E-state index < -0.39 is 11.3 Å². The first-order chi connectivity index (χ1) is 21.7. The fourth-order valence-corrected chi connectivity index (χ4v) is 6.14. The van der Waals surface area contributed by atoms with Gasteiger partial charge in [-0.2, -0.15) is 0 Å². The van der Waals surface area contributed by atoms with Crippen LogP contribution in [0.2, 0.25) is 5.02 Å². The van der Waals surface area contributed by atoms with E-state index in [1.807, 2.05) is 52.8 Å². The van der Waals surface area contributed by atoms with Crippen molar-refractivity contribution in [3.63, 3.8) is 0 Å². The van der Waals surface area contributed by atoms with E-state index in [2.05, 4.69) is 13.5 Å². The average molecular weight is 674 g/mol. The quantitative estimate of drug-likeness (QED) is 0.0641. The largest absolute Gasteiger partial charge is 0.508 e. The number of halogens is 1. The molecule has 2 rings (SSSR count). The molecule has 0 radical (unpaired) electrons. The summed E-state index contributed by atoms with van der Waals surface area (Å²) in [6.07, 6.45) is 7.72. The minimum absolute atomic E-state index is 0.0721. The highest BCUT2D eigenvalue weighted by Gasteiger charge is 2.35. The summed E-state index contributed by atoms with van der Waals surface area (Å²) in [6, 6.07) is 7.13. The van der Waals surface area contributed by atoms with Crippen molar-refractivity contribution in [1.29, 1.82) is 0 Å². The maximum Gasteiger partial charge on any atom is 0.230 e. The molecule has 254 valence electrons. The summed E-state index contributed by atoms with van der Waals surface area (Å²) < 4.78 is 4.83. The fourth-order valence-electron chi connectivity index (χ4n) is 5.25. The van der Waals surface area contributed by atoms with Gasteiger partial charge in [0.05, 0.1) is 29.4 Å². The number of nitrogens with zero attached hydrogens (tertiary/aromatic N) is 3.